The highest BCUT2D eigenvalue weighted by atomic mass is 15.6. The van der Waals surface area contributed by atoms with Crippen molar-refractivity contribution in [2.75, 3.05) is 13.1 Å². The zero-order chi connectivity index (χ0) is 12.4. The average molecular weight is 243 g/mol. The van der Waals surface area contributed by atoms with Gasteiger partial charge in [0.2, 0.25) is 0 Å². The lowest BCUT2D eigenvalue weighted by molar-refractivity contribution is 0.446. The van der Waals surface area contributed by atoms with Crippen molar-refractivity contribution < 1.29 is 0 Å². The Hall–Kier alpha value is -1.75. The van der Waals surface area contributed by atoms with Gasteiger partial charge in [-0.05, 0) is 43.7 Å². The van der Waals surface area contributed by atoms with Crippen molar-refractivity contribution in [3.8, 4) is 5.69 Å². The Morgan fingerprint density at radius 2 is 2.11 bits per heavy atom. The Kier molecular flexibility index (Phi) is 3.06. The fourth-order valence-electron chi connectivity index (χ4n) is 2.25. The zero-order valence-corrected chi connectivity index (χ0v) is 10.5. The fourth-order valence-corrected chi connectivity index (χ4v) is 2.25. The summed E-state index contributed by atoms with van der Waals surface area (Å²) in [6.45, 7) is 4.12. The van der Waals surface area contributed by atoms with E-state index >= 15 is 0 Å². The SMILES string of the molecule is Cc1ccc(-n2nnc(C3CCCNC3)n2)cc1. The molecule has 1 fully saturated rings. The molecule has 0 aliphatic carbocycles. The lowest BCUT2D eigenvalue weighted by Crippen LogP contribution is -2.29. The van der Waals surface area contributed by atoms with Crippen molar-refractivity contribution in [2.45, 2.75) is 25.7 Å². The normalized spacial score (nSPS) is 19.9. The maximum Gasteiger partial charge on any atom is 0.179 e. The van der Waals surface area contributed by atoms with E-state index in [0.717, 1.165) is 31.0 Å². The van der Waals surface area contributed by atoms with Gasteiger partial charge in [-0.1, -0.05) is 17.7 Å². The van der Waals surface area contributed by atoms with Gasteiger partial charge in [0.15, 0.2) is 5.82 Å². The van der Waals surface area contributed by atoms with Crippen LogP contribution in [0.4, 0.5) is 0 Å². The minimum atomic E-state index is 0.401. The highest BCUT2D eigenvalue weighted by molar-refractivity contribution is 5.31. The second kappa shape index (κ2) is 4.86. The van der Waals surface area contributed by atoms with Crippen LogP contribution >= 0.6 is 0 Å². The molecule has 0 radical (unpaired) electrons. The summed E-state index contributed by atoms with van der Waals surface area (Å²) in [5.74, 6) is 1.25. The van der Waals surface area contributed by atoms with Crippen LogP contribution in [0, 0.1) is 6.92 Å². The van der Waals surface area contributed by atoms with Gasteiger partial charge in [0, 0.05) is 12.5 Å². The molecular formula is C13H17N5. The van der Waals surface area contributed by atoms with E-state index in [9.17, 15) is 0 Å². The summed E-state index contributed by atoms with van der Waals surface area (Å²) in [6, 6.07) is 8.14. The molecule has 5 heteroatoms. The van der Waals surface area contributed by atoms with E-state index in [1.807, 2.05) is 12.1 Å². The average Bonchev–Trinajstić information content (AvgIpc) is 2.90. The van der Waals surface area contributed by atoms with Gasteiger partial charge in [0.1, 0.15) is 0 Å². The van der Waals surface area contributed by atoms with E-state index in [1.54, 1.807) is 4.80 Å². The maximum absolute atomic E-state index is 4.49. The first-order valence-electron chi connectivity index (χ1n) is 6.40. The van der Waals surface area contributed by atoms with Gasteiger partial charge < -0.3 is 5.32 Å². The summed E-state index contributed by atoms with van der Waals surface area (Å²) >= 11 is 0. The molecule has 1 N–H and O–H groups in total. The van der Waals surface area contributed by atoms with Gasteiger partial charge in [0.05, 0.1) is 5.69 Å². The molecule has 1 aliphatic rings. The van der Waals surface area contributed by atoms with Gasteiger partial charge in [-0.15, -0.1) is 15.0 Å². The minimum absolute atomic E-state index is 0.401. The molecule has 5 nitrogen and oxygen atoms in total. The van der Waals surface area contributed by atoms with Crippen molar-refractivity contribution in [1.29, 1.82) is 0 Å². The van der Waals surface area contributed by atoms with Crippen molar-refractivity contribution in [3.63, 3.8) is 0 Å². The van der Waals surface area contributed by atoms with Crippen LogP contribution in [-0.2, 0) is 0 Å². The second-order valence-electron chi connectivity index (χ2n) is 4.82. The number of nitrogens with zero attached hydrogens (tertiary/aromatic N) is 4. The van der Waals surface area contributed by atoms with Crippen LogP contribution in [0.5, 0.6) is 0 Å². The summed E-state index contributed by atoms with van der Waals surface area (Å²) in [5.41, 5.74) is 2.19. The Bertz CT molecular complexity index is 510. The number of piperidine rings is 1. The number of rotatable bonds is 2. The smallest absolute Gasteiger partial charge is 0.179 e. The molecule has 1 aromatic heterocycles. The van der Waals surface area contributed by atoms with E-state index in [1.165, 1.54) is 12.0 Å². The Morgan fingerprint density at radius 1 is 1.28 bits per heavy atom. The zero-order valence-electron chi connectivity index (χ0n) is 10.5. The van der Waals surface area contributed by atoms with E-state index in [-0.39, 0.29) is 0 Å². The number of aryl methyl sites for hydroxylation is 1. The molecule has 3 rings (SSSR count). The van der Waals surface area contributed by atoms with Gasteiger partial charge in [-0.3, -0.25) is 0 Å². The number of benzene rings is 1. The lowest BCUT2D eigenvalue weighted by Gasteiger charge is -2.19. The van der Waals surface area contributed by atoms with E-state index < -0.39 is 0 Å². The number of hydrogen-bond acceptors (Lipinski definition) is 4. The molecule has 0 spiro atoms. The van der Waals surface area contributed by atoms with E-state index in [2.05, 4.69) is 39.8 Å². The van der Waals surface area contributed by atoms with Crippen molar-refractivity contribution in [1.82, 2.24) is 25.5 Å². The van der Waals surface area contributed by atoms with Gasteiger partial charge in [-0.25, -0.2) is 0 Å². The summed E-state index contributed by atoms with van der Waals surface area (Å²) in [4.78, 5) is 1.61. The van der Waals surface area contributed by atoms with Crippen LogP contribution in [0.2, 0.25) is 0 Å². The Labute approximate surface area is 106 Å². The second-order valence-corrected chi connectivity index (χ2v) is 4.82. The predicted octanol–water partition coefficient (Wildman–Crippen LogP) is 1.44. The molecule has 1 atom stereocenters. The first kappa shape index (κ1) is 11.3. The molecule has 94 valence electrons. The Balaban J connectivity index is 1.82. The standard InChI is InChI=1S/C13H17N5/c1-10-4-6-12(7-5-10)18-16-13(15-17-18)11-3-2-8-14-9-11/h4-7,11,14H,2-3,8-9H2,1H3. The number of aromatic nitrogens is 4. The first-order valence-corrected chi connectivity index (χ1v) is 6.40. The van der Waals surface area contributed by atoms with Crippen molar-refractivity contribution in [3.05, 3.63) is 35.7 Å². The highest BCUT2D eigenvalue weighted by Crippen LogP contribution is 2.19. The fraction of sp³-hybridized carbons (Fsp3) is 0.462. The molecule has 0 amide bonds. The summed E-state index contributed by atoms with van der Waals surface area (Å²) in [5, 5.41) is 16.2. The molecule has 0 saturated carbocycles. The third-order valence-electron chi connectivity index (χ3n) is 3.36. The molecule has 1 unspecified atom stereocenters. The first-order chi connectivity index (χ1) is 8.83. The quantitative estimate of drug-likeness (QED) is 0.867. The Morgan fingerprint density at radius 3 is 2.83 bits per heavy atom. The van der Waals surface area contributed by atoms with Gasteiger partial charge in [0.25, 0.3) is 0 Å². The number of nitrogens with one attached hydrogen (secondary N) is 1. The number of tetrazole rings is 1. The van der Waals surface area contributed by atoms with Crippen LogP contribution in [0.1, 0.15) is 30.1 Å². The van der Waals surface area contributed by atoms with Gasteiger partial charge in [-0.2, -0.15) is 0 Å². The maximum atomic E-state index is 4.49. The molecule has 2 heterocycles. The van der Waals surface area contributed by atoms with E-state index in [4.69, 9.17) is 0 Å². The third kappa shape index (κ3) is 2.26. The van der Waals surface area contributed by atoms with Crippen LogP contribution < -0.4 is 5.32 Å². The summed E-state index contributed by atoms with van der Waals surface area (Å²) in [7, 11) is 0. The van der Waals surface area contributed by atoms with Crippen molar-refractivity contribution in [2.24, 2.45) is 0 Å². The van der Waals surface area contributed by atoms with Crippen LogP contribution in [-0.4, -0.2) is 33.3 Å². The molecule has 2 aromatic rings. The van der Waals surface area contributed by atoms with E-state index in [0.29, 0.717) is 5.92 Å². The predicted molar refractivity (Wildman–Crippen MR) is 68.7 cm³/mol. The van der Waals surface area contributed by atoms with Crippen LogP contribution in [0.25, 0.3) is 5.69 Å². The monoisotopic (exact) mass is 243 g/mol. The largest absolute Gasteiger partial charge is 0.316 e. The molecule has 0 bridgehead atoms. The van der Waals surface area contributed by atoms with Gasteiger partial charge >= 0.3 is 0 Å². The third-order valence-corrected chi connectivity index (χ3v) is 3.36. The number of hydrogen-bond donors (Lipinski definition) is 1. The summed E-state index contributed by atoms with van der Waals surface area (Å²) in [6.07, 6.45) is 2.33. The topological polar surface area (TPSA) is 55.6 Å². The van der Waals surface area contributed by atoms with Crippen LogP contribution in [0.15, 0.2) is 24.3 Å². The molecule has 1 saturated heterocycles. The van der Waals surface area contributed by atoms with Crippen molar-refractivity contribution >= 4 is 0 Å². The minimum Gasteiger partial charge on any atom is -0.316 e. The molecular weight excluding hydrogens is 226 g/mol. The molecule has 1 aromatic carbocycles. The molecule has 1 aliphatic heterocycles. The summed E-state index contributed by atoms with van der Waals surface area (Å²) < 4.78 is 0. The lowest BCUT2D eigenvalue weighted by atomic mass is 9.99. The van der Waals surface area contributed by atoms with Crippen LogP contribution in [0.3, 0.4) is 0 Å². The highest BCUT2D eigenvalue weighted by Gasteiger charge is 2.19. The molecule has 18 heavy (non-hydrogen) atoms.